The van der Waals surface area contributed by atoms with Crippen LogP contribution in [0.1, 0.15) is 24.0 Å². The van der Waals surface area contributed by atoms with Gasteiger partial charge in [0.1, 0.15) is 5.75 Å². The third-order valence-electron chi connectivity index (χ3n) is 6.33. The molecule has 2 atom stereocenters. The second kappa shape index (κ2) is 8.32. The molecule has 0 aromatic heterocycles. The van der Waals surface area contributed by atoms with Crippen molar-refractivity contribution in [2.75, 3.05) is 32.8 Å². The average molecular weight is 421 g/mol. The van der Waals surface area contributed by atoms with Gasteiger partial charge >= 0.3 is 6.03 Å². The zero-order valence-electron chi connectivity index (χ0n) is 17.5. The first-order chi connectivity index (χ1) is 15.2. The van der Waals surface area contributed by atoms with E-state index >= 15 is 0 Å². The lowest BCUT2D eigenvalue weighted by molar-refractivity contribution is -0.134. The molecule has 0 saturated carbocycles. The van der Waals surface area contributed by atoms with Crippen molar-refractivity contribution in [2.45, 2.75) is 31.0 Å². The number of para-hydroxylation sites is 1. The lowest BCUT2D eigenvalue weighted by Crippen LogP contribution is -2.48. The number of carbonyl (C=O) groups is 2. The largest absolute Gasteiger partial charge is 0.493 e. The second-order valence-electron chi connectivity index (χ2n) is 8.41. The van der Waals surface area contributed by atoms with Gasteiger partial charge in [0.05, 0.1) is 19.3 Å². The van der Waals surface area contributed by atoms with E-state index in [2.05, 4.69) is 22.3 Å². The maximum Gasteiger partial charge on any atom is 0.325 e. The average Bonchev–Trinajstić information content (AvgIpc) is 2.93. The van der Waals surface area contributed by atoms with Gasteiger partial charge in [0, 0.05) is 38.2 Å². The van der Waals surface area contributed by atoms with Crippen LogP contribution in [0.5, 0.6) is 5.75 Å². The highest BCUT2D eigenvalue weighted by atomic mass is 16.5. The lowest BCUT2D eigenvalue weighted by Gasteiger charge is -2.33. The summed E-state index contributed by atoms with van der Waals surface area (Å²) >= 11 is 0. The lowest BCUT2D eigenvalue weighted by atomic mass is 9.84. The minimum absolute atomic E-state index is 0.212. The molecule has 31 heavy (non-hydrogen) atoms. The smallest absolute Gasteiger partial charge is 0.325 e. The van der Waals surface area contributed by atoms with Gasteiger partial charge in [-0.15, -0.1) is 0 Å². The summed E-state index contributed by atoms with van der Waals surface area (Å²) in [5.41, 5.74) is 0.936. The number of nitrogens with one attached hydrogen (secondary N) is 1. The molecule has 2 aromatic carbocycles. The summed E-state index contributed by atoms with van der Waals surface area (Å²) in [6.45, 7) is 3.71. The molecule has 0 unspecified atom stereocenters. The normalized spacial score (nSPS) is 26.3. The number of ether oxygens (including phenoxy) is 2. The summed E-state index contributed by atoms with van der Waals surface area (Å²) in [4.78, 5) is 30.1. The molecule has 3 aliphatic rings. The molecule has 1 N–H and O–H groups in total. The van der Waals surface area contributed by atoms with Crippen molar-refractivity contribution in [3.8, 4) is 5.75 Å². The minimum Gasteiger partial charge on any atom is -0.493 e. The predicted molar refractivity (Wildman–Crippen MR) is 115 cm³/mol. The molecule has 162 valence electrons. The van der Waals surface area contributed by atoms with Crippen molar-refractivity contribution in [2.24, 2.45) is 0 Å². The van der Waals surface area contributed by atoms with Gasteiger partial charge in [-0.25, -0.2) is 4.79 Å². The van der Waals surface area contributed by atoms with Crippen molar-refractivity contribution in [1.82, 2.24) is 15.1 Å². The number of imide groups is 1. The van der Waals surface area contributed by atoms with Crippen molar-refractivity contribution in [3.05, 3.63) is 65.7 Å². The number of nitrogens with zero attached hydrogens (tertiary/aromatic N) is 2. The third-order valence-corrected chi connectivity index (χ3v) is 6.33. The molecule has 2 saturated heterocycles. The SMILES string of the molecule is O=C1N[C@]2(CCOc3ccccc32)C(=O)N1C[C@H]1CN(Cc2ccccc2)CCCO1. The van der Waals surface area contributed by atoms with Crippen LogP contribution in [-0.4, -0.2) is 60.7 Å². The highest BCUT2D eigenvalue weighted by Gasteiger charge is 2.55. The highest BCUT2D eigenvalue weighted by molar-refractivity contribution is 6.08. The zero-order valence-corrected chi connectivity index (χ0v) is 17.5. The molecule has 5 rings (SSSR count). The van der Waals surface area contributed by atoms with E-state index in [9.17, 15) is 9.59 Å². The van der Waals surface area contributed by atoms with E-state index in [1.54, 1.807) is 0 Å². The van der Waals surface area contributed by atoms with Crippen LogP contribution in [0.3, 0.4) is 0 Å². The van der Waals surface area contributed by atoms with Gasteiger partial charge in [-0.3, -0.25) is 14.6 Å². The quantitative estimate of drug-likeness (QED) is 0.769. The number of benzene rings is 2. The minimum atomic E-state index is -1.04. The number of carbonyl (C=O) groups excluding carboxylic acids is 2. The summed E-state index contributed by atoms with van der Waals surface area (Å²) < 4.78 is 11.7. The Bertz CT molecular complexity index is 966. The zero-order chi connectivity index (χ0) is 21.3. The first kappa shape index (κ1) is 20.0. The van der Waals surface area contributed by atoms with E-state index in [1.165, 1.54) is 10.5 Å². The van der Waals surface area contributed by atoms with Crippen molar-refractivity contribution >= 4 is 11.9 Å². The maximum atomic E-state index is 13.5. The molecule has 3 heterocycles. The number of fused-ring (bicyclic) bond motifs is 2. The van der Waals surface area contributed by atoms with Gasteiger partial charge in [-0.2, -0.15) is 0 Å². The Morgan fingerprint density at radius 2 is 1.84 bits per heavy atom. The summed E-state index contributed by atoms with van der Waals surface area (Å²) in [6.07, 6.45) is 1.14. The Hall–Kier alpha value is -2.90. The molecule has 0 bridgehead atoms. The molecule has 1 spiro atoms. The Morgan fingerprint density at radius 3 is 2.71 bits per heavy atom. The van der Waals surface area contributed by atoms with Gasteiger partial charge in [0.25, 0.3) is 5.91 Å². The van der Waals surface area contributed by atoms with Gasteiger partial charge in [0.2, 0.25) is 0 Å². The number of rotatable bonds is 4. The van der Waals surface area contributed by atoms with E-state index in [-0.39, 0.29) is 24.6 Å². The van der Waals surface area contributed by atoms with Crippen molar-refractivity contribution in [3.63, 3.8) is 0 Å². The molecule has 7 nitrogen and oxygen atoms in total. The Kier molecular flexibility index (Phi) is 5.38. The van der Waals surface area contributed by atoms with E-state index in [4.69, 9.17) is 9.47 Å². The monoisotopic (exact) mass is 421 g/mol. The fourth-order valence-electron chi connectivity index (χ4n) is 4.81. The summed E-state index contributed by atoms with van der Waals surface area (Å²) in [5.74, 6) is 0.444. The second-order valence-corrected chi connectivity index (χ2v) is 8.41. The molecule has 0 radical (unpaired) electrons. The highest BCUT2D eigenvalue weighted by Crippen LogP contribution is 2.41. The van der Waals surface area contributed by atoms with Crippen LogP contribution >= 0.6 is 0 Å². The van der Waals surface area contributed by atoms with Crippen molar-refractivity contribution in [1.29, 1.82) is 0 Å². The van der Waals surface area contributed by atoms with Crippen LogP contribution in [0.15, 0.2) is 54.6 Å². The fraction of sp³-hybridized carbons (Fsp3) is 0.417. The molecular formula is C24H27N3O4. The standard InChI is InChI=1S/C24H27N3O4/c28-22-24(11-14-31-21-10-5-4-9-20(21)24)25-23(29)27(22)17-19-16-26(12-6-13-30-19)15-18-7-2-1-3-8-18/h1-5,7-10,19H,6,11-17H2,(H,25,29)/t19-,24+/m1/s1. The fourth-order valence-corrected chi connectivity index (χ4v) is 4.81. The Morgan fingerprint density at radius 1 is 1.03 bits per heavy atom. The molecule has 3 amide bonds. The van der Waals surface area contributed by atoms with Crippen LogP contribution in [0.25, 0.3) is 0 Å². The number of amides is 3. The van der Waals surface area contributed by atoms with Gasteiger partial charge in [0.15, 0.2) is 5.54 Å². The van der Waals surface area contributed by atoms with Crippen LogP contribution in [-0.2, 0) is 21.6 Å². The molecule has 0 aliphatic carbocycles. The van der Waals surface area contributed by atoms with Crippen molar-refractivity contribution < 1.29 is 19.1 Å². The van der Waals surface area contributed by atoms with E-state index < -0.39 is 5.54 Å². The Balaban J connectivity index is 1.32. The van der Waals surface area contributed by atoms with Gasteiger partial charge in [-0.05, 0) is 18.1 Å². The van der Waals surface area contributed by atoms with Gasteiger partial charge < -0.3 is 14.8 Å². The number of hydrogen-bond donors (Lipinski definition) is 1. The van der Waals surface area contributed by atoms with Crippen LogP contribution in [0.4, 0.5) is 4.79 Å². The summed E-state index contributed by atoms with van der Waals surface area (Å²) in [7, 11) is 0. The van der Waals surface area contributed by atoms with Crippen LogP contribution in [0, 0.1) is 0 Å². The molecule has 2 fully saturated rings. The molecular weight excluding hydrogens is 394 g/mol. The van der Waals surface area contributed by atoms with Crippen LogP contribution in [0.2, 0.25) is 0 Å². The van der Waals surface area contributed by atoms with E-state index in [1.807, 2.05) is 42.5 Å². The first-order valence-electron chi connectivity index (χ1n) is 10.9. The van der Waals surface area contributed by atoms with E-state index in [0.717, 1.165) is 25.1 Å². The molecule has 2 aromatic rings. The summed E-state index contributed by atoms with van der Waals surface area (Å²) in [6, 6.07) is 17.4. The first-order valence-corrected chi connectivity index (χ1v) is 10.9. The molecule has 3 aliphatic heterocycles. The predicted octanol–water partition coefficient (Wildman–Crippen LogP) is 2.51. The van der Waals surface area contributed by atoms with Gasteiger partial charge in [-0.1, -0.05) is 48.5 Å². The summed E-state index contributed by atoms with van der Waals surface area (Å²) in [5, 5.41) is 2.97. The maximum absolute atomic E-state index is 13.5. The Labute approximate surface area is 181 Å². The topological polar surface area (TPSA) is 71.1 Å². The van der Waals surface area contributed by atoms with Crippen LogP contribution < -0.4 is 10.1 Å². The molecule has 7 heteroatoms. The van der Waals surface area contributed by atoms with E-state index in [0.29, 0.717) is 31.9 Å². The number of urea groups is 1. The number of hydrogen-bond acceptors (Lipinski definition) is 5. The third kappa shape index (κ3) is 3.79.